The van der Waals surface area contributed by atoms with E-state index in [0.29, 0.717) is 25.2 Å². The van der Waals surface area contributed by atoms with E-state index in [-0.39, 0.29) is 0 Å². The van der Waals surface area contributed by atoms with Gasteiger partial charge in [0.25, 0.3) is 0 Å². The molecular weight excluding hydrogens is 370 g/mol. The monoisotopic (exact) mass is 405 g/mol. The molecule has 3 fully saturated rings. The summed E-state index contributed by atoms with van der Waals surface area (Å²) in [6.07, 6.45) is 9.90. The molecule has 0 aromatic heterocycles. The van der Waals surface area contributed by atoms with E-state index in [4.69, 9.17) is 0 Å². The number of nitrogens with zero attached hydrogens (tertiary/aromatic N) is 3. The summed E-state index contributed by atoms with van der Waals surface area (Å²) in [5.74, 6) is 0. The number of rotatable bonds is 5. The zero-order chi connectivity index (χ0) is 19.7. The van der Waals surface area contributed by atoms with Crippen LogP contribution in [0.2, 0.25) is 0 Å². The lowest BCUT2D eigenvalue weighted by atomic mass is 10.0. The Balaban J connectivity index is 1.42. The first-order valence-corrected chi connectivity index (χ1v) is 12.9. The summed E-state index contributed by atoms with van der Waals surface area (Å²) >= 11 is 0. The van der Waals surface area contributed by atoms with Crippen LogP contribution in [-0.4, -0.2) is 62.1 Å². The average Bonchev–Trinajstić information content (AvgIpc) is 3.13. The molecule has 3 aliphatic heterocycles. The van der Waals surface area contributed by atoms with Crippen molar-refractivity contribution in [3.05, 3.63) is 29.8 Å². The van der Waals surface area contributed by atoms with Crippen LogP contribution in [0.4, 0.5) is 5.69 Å². The zero-order valence-electron chi connectivity index (χ0n) is 17.4. The third kappa shape index (κ3) is 4.10. The van der Waals surface area contributed by atoms with E-state index in [9.17, 15) is 8.42 Å². The Labute approximate surface area is 170 Å². The van der Waals surface area contributed by atoms with Crippen molar-refractivity contribution in [2.24, 2.45) is 0 Å². The van der Waals surface area contributed by atoms with Gasteiger partial charge in [-0.1, -0.05) is 18.6 Å². The first kappa shape index (κ1) is 20.2. The van der Waals surface area contributed by atoms with Gasteiger partial charge in [-0.15, -0.1) is 0 Å². The quantitative estimate of drug-likeness (QED) is 0.750. The maximum atomic E-state index is 11.8. The summed E-state index contributed by atoms with van der Waals surface area (Å²) in [4.78, 5) is 5.21. The van der Waals surface area contributed by atoms with Crippen LogP contribution in [-0.2, 0) is 10.0 Å². The summed E-state index contributed by atoms with van der Waals surface area (Å²) < 4.78 is 25.2. The minimum atomic E-state index is -3.06. The van der Waals surface area contributed by atoms with E-state index >= 15 is 0 Å². The third-order valence-electron chi connectivity index (χ3n) is 7.13. The highest BCUT2D eigenvalue weighted by atomic mass is 32.2. The summed E-state index contributed by atoms with van der Waals surface area (Å²) in [5, 5.41) is 0. The SMILES string of the molecule is CCN(c1ccc([C@H]2CC[C@H]3CCCCN32)cc1)C1CCN(S(C)(=O)=O)CC1. The largest absolute Gasteiger partial charge is 0.369 e. The van der Waals surface area contributed by atoms with Crippen molar-refractivity contribution in [2.45, 2.75) is 70.0 Å². The Morgan fingerprint density at radius 3 is 2.32 bits per heavy atom. The van der Waals surface area contributed by atoms with E-state index in [0.717, 1.165) is 25.4 Å². The standard InChI is InChI=1S/C22H35N3O2S/c1-3-24(21-13-16-23(17-14-21)28(2,26)27)20-9-7-18(8-10-20)22-12-11-19-6-4-5-15-25(19)22/h7-10,19,21-22H,3-6,11-17H2,1-2H3/t19-,22-/m1/s1. The van der Waals surface area contributed by atoms with Gasteiger partial charge in [0.15, 0.2) is 0 Å². The van der Waals surface area contributed by atoms with Gasteiger partial charge in [0.1, 0.15) is 0 Å². The second-order valence-corrected chi connectivity index (χ2v) is 10.7. The maximum Gasteiger partial charge on any atom is 0.211 e. The lowest BCUT2D eigenvalue weighted by Crippen LogP contribution is -2.46. The fourth-order valence-electron chi connectivity index (χ4n) is 5.64. The van der Waals surface area contributed by atoms with Crippen molar-refractivity contribution in [2.75, 3.05) is 37.3 Å². The summed E-state index contributed by atoms with van der Waals surface area (Å²) in [6.45, 7) is 5.69. The van der Waals surface area contributed by atoms with Crippen LogP contribution in [0.1, 0.15) is 63.5 Å². The van der Waals surface area contributed by atoms with Crippen LogP contribution < -0.4 is 4.90 Å². The van der Waals surface area contributed by atoms with Crippen LogP contribution in [0, 0.1) is 0 Å². The van der Waals surface area contributed by atoms with E-state index in [1.807, 2.05) is 0 Å². The molecule has 3 heterocycles. The summed E-state index contributed by atoms with van der Waals surface area (Å²) in [7, 11) is -3.06. The second-order valence-electron chi connectivity index (χ2n) is 8.75. The zero-order valence-corrected chi connectivity index (χ0v) is 18.2. The van der Waals surface area contributed by atoms with E-state index < -0.39 is 10.0 Å². The molecule has 3 saturated heterocycles. The molecule has 1 aromatic carbocycles. The Kier molecular flexibility index (Phi) is 6.00. The van der Waals surface area contributed by atoms with Crippen molar-refractivity contribution < 1.29 is 8.42 Å². The van der Waals surface area contributed by atoms with Gasteiger partial charge in [-0.05, 0) is 69.7 Å². The highest BCUT2D eigenvalue weighted by Crippen LogP contribution is 2.40. The molecular formula is C22H35N3O2S. The predicted molar refractivity (Wildman–Crippen MR) is 115 cm³/mol. The molecule has 3 aliphatic rings. The summed E-state index contributed by atoms with van der Waals surface area (Å²) in [6, 6.07) is 11.1. The van der Waals surface area contributed by atoms with E-state index in [2.05, 4.69) is 41.0 Å². The molecule has 156 valence electrons. The van der Waals surface area contributed by atoms with Gasteiger partial charge >= 0.3 is 0 Å². The normalized spacial score (nSPS) is 27.6. The van der Waals surface area contributed by atoms with Gasteiger partial charge in [-0.2, -0.15) is 0 Å². The predicted octanol–water partition coefficient (Wildman–Crippen LogP) is 3.63. The Bertz CT molecular complexity index is 756. The molecule has 4 rings (SSSR count). The van der Waals surface area contributed by atoms with E-state index in [1.165, 1.54) is 56.2 Å². The Morgan fingerprint density at radius 1 is 0.964 bits per heavy atom. The number of hydrogen-bond donors (Lipinski definition) is 0. The molecule has 0 spiro atoms. The topological polar surface area (TPSA) is 43.9 Å². The van der Waals surface area contributed by atoms with Crippen LogP contribution in [0.5, 0.6) is 0 Å². The first-order valence-electron chi connectivity index (χ1n) is 11.0. The van der Waals surface area contributed by atoms with Gasteiger partial charge in [-0.3, -0.25) is 4.90 Å². The van der Waals surface area contributed by atoms with Crippen molar-refractivity contribution in [3.8, 4) is 0 Å². The maximum absolute atomic E-state index is 11.8. The highest BCUT2D eigenvalue weighted by Gasteiger charge is 2.35. The number of hydrogen-bond acceptors (Lipinski definition) is 4. The van der Waals surface area contributed by atoms with Crippen LogP contribution in [0.3, 0.4) is 0 Å². The fraction of sp³-hybridized carbons (Fsp3) is 0.727. The lowest BCUT2D eigenvalue weighted by molar-refractivity contribution is 0.150. The minimum absolute atomic E-state index is 0.423. The third-order valence-corrected chi connectivity index (χ3v) is 8.43. The Morgan fingerprint density at radius 2 is 1.68 bits per heavy atom. The molecule has 0 saturated carbocycles. The molecule has 2 atom stereocenters. The summed E-state index contributed by atoms with van der Waals surface area (Å²) in [5.41, 5.74) is 2.74. The van der Waals surface area contributed by atoms with Gasteiger partial charge in [0.05, 0.1) is 6.26 Å². The van der Waals surface area contributed by atoms with Crippen LogP contribution in [0.25, 0.3) is 0 Å². The van der Waals surface area contributed by atoms with Crippen molar-refractivity contribution in [1.82, 2.24) is 9.21 Å². The molecule has 1 aromatic rings. The van der Waals surface area contributed by atoms with Crippen molar-refractivity contribution >= 4 is 15.7 Å². The van der Waals surface area contributed by atoms with Gasteiger partial charge < -0.3 is 4.90 Å². The number of benzene rings is 1. The molecule has 5 nitrogen and oxygen atoms in total. The molecule has 6 heteroatoms. The number of fused-ring (bicyclic) bond motifs is 1. The number of piperidine rings is 2. The van der Waals surface area contributed by atoms with E-state index in [1.54, 1.807) is 4.31 Å². The van der Waals surface area contributed by atoms with Crippen LogP contribution in [0.15, 0.2) is 24.3 Å². The minimum Gasteiger partial charge on any atom is -0.369 e. The number of sulfonamides is 1. The van der Waals surface area contributed by atoms with Gasteiger partial charge in [0, 0.05) is 43.4 Å². The number of anilines is 1. The van der Waals surface area contributed by atoms with Gasteiger partial charge in [-0.25, -0.2) is 12.7 Å². The average molecular weight is 406 g/mol. The Hall–Kier alpha value is -1.11. The molecule has 0 amide bonds. The molecule has 0 unspecified atom stereocenters. The van der Waals surface area contributed by atoms with Crippen molar-refractivity contribution in [1.29, 1.82) is 0 Å². The molecule has 0 bridgehead atoms. The lowest BCUT2D eigenvalue weighted by Gasteiger charge is -2.39. The smallest absolute Gasteiger partial charge is 0.211 e. The first-order chi connectivity index (χ1) is 13.5. The molecule has 28 heavy (non-hydrogen) atoms. The van der Waals surface area contributed by atoms with Crippen molar-refractivity contribution in [3.63, 3.8) is 0 Å². The van der Waals surface area contributed by atoms with Crippen LogP contribution >= 0.6 is 0 Å². The fourth-order valence-corrected chi connectivity index (χ4v) is 6.52. The second kappa shape index (κ2) is 8.33. The molecule has 0 aliphatic carbocycles. The molecule has 0 N–H and O–H groups in total. The molecule has 0 radical (unpaired) electrons. The highest BCUT2D eigenvalue weighted by molar-refractivity contribution is 7.88. The van der Waals surface area contributed by atoms with Gasteiger partial charge in [0.2, 0.25) is 10.0 Å².